The molecule has 2 rings (SSSR count). The molecule has 0 radical (unpaired) electrons. The molecule has 1 saturated heterocycles. The van der Waals surface area contributed by atoms with Gasteiger partial charge in [-0.05, 0) is 67.9 Å². The summed E-state index contributed by atoms with van der Waals surface area (Å²) in [7, 11) is 0. The molecule has 0 atom stereocenters. The number of carbonyl (C=O) groups is 3. The second kappa shape index (κ2) is 17.1. The van der Waals surface area contributed by atoms with Crippen molar-refractivity contribution in [1.29, 1.82) is 0 Å². The fraction of sp³-hybridized carbons (Fsp3) is 0.727. The Hall–Kier alpha value is -3.13. The maximum Gasteiger partial charge on any atom is 0.320 e. The fourth-order valence-electron chi connectivity index (χ4n) is 4.88. The van der Waals surface area contributed by atoms with E-state index in [4.69, 9.17) is 14.2 Å². The SMILES string of the molecule is CC(C)(C)OC(=O)CN1CCN(CCN(CC(=O)OC(C)(C)C)Cc2ccc([N+](=O)O)cc2)CCN(CC(=O)OC(C)(C)C)CC1. The Balaban J connectivity index is 2.19. The highest BCUT2D eigenvalue weighted by Crippen LogP contribution is 2.15. The van der Waals surface area contributed by atoms with E-state index in [1.54, 1.807) is 12.1 Å². The van der Waals surface area contributed by atoms with Gasteiger partial charge in [-0.15, -0.1) is 0 Å². The van der Waals surface area contributed by atoms with Crippen molar-refractivity contribution in [3.8, 4) is 0 Å². The molecule has 0 saturated carbocycles. The molecule has 13 heteroatoms. The van der Waals surface area contributed by atoms with Crippen LogP contribution in [0.4, 0.5) is 5.69 Å². The quantitative estimate of drug-likeness (QED) is 0.202. The van der Waals surface area contributed by atoms with Crippen molar-refractivity contribution in [3.63, 3.8) is 0 Å². The van der Waals surface area contributed by atoms with Crippen LogP contribution in [0.15, 0.2) is 24.3 Å². The van der Waals surface area contributed by atoms with Crippen LogP contribution >= 0.6 is 0 Å². The Bertz CT molecular complexity index is 1110. The minimum absolute atomic E-state index is 0.0656. The van der Waals surface area contributed by atoms with E-state index in [2.05, 4.69) is 14.7 Å². The van der Waals surface area contributed by atoms with E-state index in [0.717, 1.165) is 5.56 Å². The highest BCUT2D eigenvalue weighted by molar-refractivity contribution is 5.73. The maximum absolute atomic E-state index is 12.8. The van der Waals surface area contributed by atoms with Crippen LogP contribution in [0.5, 0.6) is 0 Å². The zero-order valence-corrected chi connectivity index (χ0v) is 29.3. The number of nitrogens with zero attached hydrogens (tertiary/aromatic N) is 5. The molecule has 1 N–H and O–H groups in total. The summed E-state index contributed by atoms with van der Waals surface area (Å²) in [6.45, 7) is 22.2. The number of ether oxygens (including phenoxy) is 3. The first kappa shape index (κ1) is 39.1. The van der Waals surface area contributed by atoms with Crippen LogP contribution < -0.4 is 0 Å². The van der Waals surface area contributed by atoms with Gasteiger partial charge in [0.05, 0.1) is 24.5 Å². The molecule has 46 heavy (non-hydrogen) atoms. The van der Waals surface area contributed by atoms with Gasteiger partial charge in [0.2, 0.25) is 0 Å². The van der Waals surface area contributed by atoms with Crippen molar-refractivity contribution < 1.29 is 38.7 Å². The Kier molecular flexibility index (Phi) is 14.6. The number of esters is 3. The lowest BCUT2D eigenvalue weighted by Crippen LogP contribution is -2.43. The molecule has 13 nitrogen and oxygen atoms in total. The Morgan fingerprint density at radius 3 is 1.48 bits per heavy atom. The molecule has 260 valence electrons. The summed E-state index contributed by atoms with van der Waals surface area (Å²) in [5, 5.41) is 9.19. The Labute approximate surface area is 274 Å². The van der Waals surface area contributed by atoms with Crippen LogP contribution in [-0.2, 0) is 35.1 Å². The second-order valence-corrected chi connectivity index (χ2v) is 14.8. The Morgan fingerprint density at radius 1 is 0.696 bits per heavy atom. The summed E-state index contributed by atoms with van der Waals surface area (Å²) in [5.41, 5.74) is -0.817. The third-order valence-electron chi connectivity index (χ3n) is 6.81. The van der Waals surface area contributed by atoms with Crippen LogP contribution in [0.2, 0.25) is 0 Å². The predicted molar refractivity (Wildman–Crippen MR) is 174 cm³/mol. The number of carbonyl (C=O) groups excluding carboxylic acids is 3. The summed E-state index contributed by atoms with van der Waals surface area (Å²) in [5.74, 6) is -0.942. The van der Waals surface area contributed by atoms with Crippen LogP contribution in [0.3, 0.4) is 0 Å². The molecule has 0 unspecified atom stereocenters. The molecule has 1 aromatic rings. The minimum atomic E-state index is -0.625. The average molecular weight is 651 g/mol. The number of benzene rings is 1. The van der Waals surface area contributed by atoms with Crippen molar-refractivity contribution >= 4 is 23.6 Å². The molecule has 1 heterocycles. The van der Waals surface area contributed by atoms with E-state index >= 15 is 0 Å². The van der Waals surface area contributed by atoms with Gasteiger partial charge in [-0.3, -0.25) is 34.0 Å². The van der Waals surface area contributed by atoms with Crippen molar-refractivity contribution in [2.75, 3.05) is 72.0 Å². The molecule has 0 bridgehead atoms. The highest BCUT2D eigenvalue weighted by Gasteiger charge is 2.25. The molecule has 0 spiro atoms. The van der Waals surface area contributed by atoms with Gasteiger partial charge in [0.1, 0.15) is 16.8 Å². The zero-order valence-electron chi connectivity index (χ0n) is 29.3. The van der Waals surface area contributed by atoms with E-state index in [0.29, 0.717) is 58.9 Å². The predicted octanol–water partition coefficient (Wildman–Crippen LogP) is 3.23. The third-order valence-corrected chi connectivity index (χ3v) is 6.81. The summed E-state index contributed by atoms with van der Waals surface area (Å²) in [6, 6.07) is 6.52. The smallest absolute Gasteiger partial charge is 0.320 e. The summed E-state index contributed by atoms with van der Waals surface area (Å²) in [6.07, 6.45) is 0. The molecule has 1 aliphatic rings. The summed E-state index contributed by atoms with van der Waals surface area (Å²) in [4.78, 5) is 57.6. The van der Waals surface area contributed by atoms with Crippen LogP contribution in [-0.4, -0.2) is 136 Å². The van der Waals surface area contributed by atoms with E-state index < -0.39 is 16.8 Å². The van der Waals surface area contributed by atoms with Gasteiger partial charge in [0, 0.05) is 71.0 Å². The van der Waals surface area contributed by atoms with Gasteiger partial charge < -0.3 is 14.2 Å². The van der Waals surface area contributed by atoms with Gasteiger partial charge in [0.25, 0.3) is 4.92 Å². The fourth-order valence-corrected chi connectivity index (χ4v) is 4.88. The van der Waals surface area contributed by atoms with Crippen molar-refractivity contribution in [2.24, 2.45) is 0 Å². The lowest BCUT2D eigenvalue weighted by atomic mass is 10.2. The molecule has 1 aromatic carbocycles. The van der Waals surface area contributed by atoms with Gasteiger partial charge in [-0.1, -0.05) is 12.1 Å². The maximum atomic E-state index is 12.8. The lowest BCUT2D eigenvalue weighted by Gasteiger charge is -2.30. The summed E-state index contributed by atoms with van der Waals surface area (Å²) < 4.78 is 16.8. The zero-order chi connectivity index (χ0) is 34.7. The van der Waals surface area contributed by atoms with E-state index in [1.165, 1.54) is 12.1 Å². The van der Waals surface area contributed by atoms with E-state index in [1.807, 2.05) is 67.2 Å². The standard InChI is InChI=1S/C33H56N5O8/c1-31(2,3)44-28(39)23-35-17-14-34(15-18-36(20-19-35)24-29(40)45-32(4,5)6)16-21-37(25-30(41)46-33(7,8)9)22-26-10-12-27(13-11-26)38(42)43/h10-13H,14-25H2,1-9H3,(H,42,43)/q+1. The highest BCUT2D eigenvalue weighted by atomic mass is 16.6. The number of hydrogen-bond acceptors (Lipinski definition) is 11. The molecular formula is C33H56N5O8+. The van der Waals surface area contributed by atoms with Gasteiger partial charge in [-0.2, -0.15) is 0 Å². The first-order valence-electron chi connectivity index (χ1n) is 16.0. The van der Waals surface area contributed by atoms with Gasteiger partial charge in [-0.25, -0.2) is 5.21 Å². The van der Waals surface area contributed by atoms with Crippen LogP contribution in [0, 0.1) is 4.91 Å². The molecule has 0 aromatic heterocycles. The van der Waals surface area contributed by atoms with E-state index in [-0.39, 0.29) is 48.2 Å². The summed E-state index contributed by atoms with van der Waals surface area (Å²) >= 11 is 0. The number of rotatable bonds is 12. The van der Waals surface area contributed by atoms with Crippen molar-refractivity contribution in [1.82, 2.24) is 19.6 Å². The van der Waals surface area contributed by atoms with Crippen LogP contribution in [0.25, 0.3) is 0 Å². The Morgan fingerprint density at radius 2 is 1.09 bits per heavy atom. The molecule has 0 aliphatic carbocycles. The third kappa shape index (κ3) is 17.0. The first-order chi connectivity index (χ1) is 21.2. The molecular weight excluding hydrogens is 594 g/mol. The topological polar surface area (TPSA) is 132 Å². The average Bonchev–Trinajstić information content (AvgIpc) is 2.95. The number of hydrogen-bond donors (Lipinski definition) is 1. The van der Waals surface area contributed by atoms with Gasteiger partial charge >= 0.3 is 23.6 Å². The van der Waals surface area contributed by atoms with E-state index in [9.17, 15) is 24.5 Å². The lowest BCUT2D eigenvalue weighted by molar-refractivity contribution is -0.729. The second-order valence-electron chi connectivity index (χ2n) is 14.8. The van der Waals surface area contributed by atoms with Crippen molar-refractivity contribution in [2.45, 2.75) is 85.7 Å². The largest absolute Gasteiger partial charge is 0.459 e. The molecule has 0 amide bonds. The normalized spacial score (nSPS) is 16.3. The first-order valence-corrected chi connectivity index (χ1v) is 16.0. The van der Waals surface area contributed by atoms with Crippen LogP contribution in [0.1, 0.15) is 67.9 Å². The van der Waals surface area contributed by atoms with Crippen molar-refractivity contribution in [3.05, 3.63) is 34.7 Å². The molecule has 1 fully saturated rings. The molecule has 1 aliphatic heterocycles. The monoisotopic (exact) mass is 650 g/mol. The minimum Gasteiger partial charge on any atom is -0.459 e. The van der Waals surface area contributed by atoms with Gasteiger partial charge in [0.15, 0.2) is 0 Å².